The van der Waals surface area contributed by atoms with Crippen LogP contribution in [0.15, 0.2) is 18.2 Å². The zero-order chi connectivity index (χ0) is 13.8. The number of nitrogens with zero attached hydrogens (tertiary/aromatic N) is 1. The van der Waals surface area contributed by atoms with Crippen LogP contribution in [-0.2, 0) is 4.74 Å². The van der Waals surface area contributed by atoms with E-state index in [1.54, 1.807) is 14.2 Å². The van der Waals surface area contributed by atoms with E-state index in [0.717, 1.165) is 34.4 Å². The van der Waals surface area contributed by atoms with E-state index in [1.807, 2.05) is 12.1 Å². The number of para-hydroxylation sites is 1. The summed E-state index contributed by atoms with van der Waals surface area (Å²) in [4.78, 5) is 3.24. The first-order chi connectivity index (χ1) is 9.22. The zero-order valence-electron chi connectivity index (χ0n) is 11.6. The largest absolute Gasteiger partial charge is 0.494 e. The lowest BCUT2D eigenvalue weighted by Gasteiger charge is -2.18. The average molecular weight is 280 g/mol. The molecule has 0 aliphatic carbocycles. The van der Waals surface area contributed by atoms with Crippen molar-refractivity contribution in [3.05, 3.63) is 23.0 Å². The molecule has 1 atom stereocenters. The van der Waals surface area contributed by atoms with Crippen LogP contribution in [0.3, 0.4) is 0 Å². The second-order valence-electron chi connectivity index (χ2n) is 4.55. The number of fused-ring (bicyclic) bond motifs is 1. The van der Waals surface area contributed by atoms with Gasteiger partial charge in [0.25, 0.3) is 0 Å². The summed E-state index contributed by atoms with van der Waals surface area (Å²) in [6.45, 7) is 2.83. The quantitative estimate of drug-likeness (QED) is 0.820. The van der Waals surface area contributed by atoms with Crippen molar-refractivity contribution in [2.24, 2.45) is 0 Å². The van der Waals surface area contributed by atoms with Gasteiger partial charge < -0.3 is 19.0 Å². The molecule has 2 rings (SSSR count). The number of nitrogens with one attached hydrogen (secondary N) is 1. The van der Waals surface area contributed by atoms with Crippen molar-refractivity contribution in [3.8, 4) is 5.75 Å². The van der Waals surface area contributed by atoms with Gasteiger partial charge in [0.05, 0.1) is 25.3 Å². The predicted molar refractivity (Wildman–Crippen MR) is 79.5 cm³/mol. The fourth-order valence-electron chi connectivity index (χ4n) is 2.47. The maximum Gasteiger partial charge on any atom is 0.178 e. The summed E-state index contributed by atoms with van der Waals surface area (Å²) in [5, 5.41) is 0. The molecule has 4 nitrogen and oxygen atoms in total. The number of H-pyrrole nitrogens is 1. The summed E-state index contributed by atoms with van der Waals surface area (Å²) < 4.78 is 13.6. The lowest BCUT2D eigenvalue weighted by atomic mass is 10.1. The number of aromatic nitrogens is 2. The molecule has 0 fully saturated rings. The van der Waals surface area contributed by atoms with Crippen LogP contribution in [0.4, 0.5) is 0 Å². The molecular formula is C14H20N2O2S. The fraction of sp³-hybridized carbons (Fsp3) is 0.500. The number of methoxy groups -OCH3 is 2. The van der Waals surface area contributed by atoms with Gasteiger partial charge in [-0.25, -0.2) is 0 Å². The van der Waals surface area contributed by atoms with Gasteiger partial charge in [-0.05, 0) is 30.8 Å². The topological polar surface area (TPSA) is 39.2 Å². The van der Waals surface area contributed by atoms with Gasteiger partial charge in [0.1, 0.15) is 11.3 Å². The van der Waals surface area contributed by atoms with E-state index in [-0.39, 0.29) is 6.04 Å². The number of benzene rings is 1. The maximum atomic E-state index is 5.46. The third-order valence-corrected chi connectivity index (χ3v) is 3.58. The van der Waals surface area contributed by atoms with E-state index >= 15 is 0 Å². The molecule has 1 aromatic carbocycles. The van der Waals surface area contributed by atoms with Crippen molar-refractivity contribution in [1.29, 1.82) is 0 Å². The Hall–Kier alpha value is -1.33. The Labute approximate surface area is 118 Å². The van der Waals surface area contributed by atoms with E-state index in [4.69, 9.17) is 21.7 Å². The molecule has 0 saturated heterocycles. The first-order valence-electron chi connectivity index (χ1n) is 6.49. The number of aromatic amines is 1. The van der Waals surface area contributed by atoms with Gasteiger partial charge in [0, 0.05) is 7.11 Å². The molecule has 1 unspecified atom stereocenters. The second-order valence-corrected chi connectivity index (χ2v) is 4.94. The minimum absolute atomic E-state index is 0.253. The van der Waals surface area contributed by atoms with Gasteiger partial charge >= 0.3 is 0 Å². The average Bonchev–Trinajstić information content (AvgIpc) is 2.74. The van der Waals surface area contributed by atoms with Crippen LogP contribution in [0.25, 0.3) is 11.0 Å². The molecule has 0 spiro atoms. The standard InChI is InChI=1S/C14H20N2O2S/c1-4-6-10(9-17-2)16-11-7-5-8-12(18-3)13(11)15-14(16)19/h5,7-8,10H,4,6,9H2,1-3H3,(H,15,19). The van der Waals surface area contributed by atoms with Crippen LogP contribution in [0.5, 0.6) is 5.75 Å². The Kier molecular flexibility index (Phi) is 4.61. The summed E-state index contributed by atoms with van der Waals surface area (Å²) >= 11 is 5.46. The highest BCUT2D eigenvalue weighted by Gasteiger charge is 2.16. The molecule has 19 heavy (non-hydrogen) atoms. The Morgan fingerprint density at radius 3 is 2.79 bits per heavy atom. The molecule has 0 amide bonds. The highest BCUT2D eigenvalue weighted by atomic mass is 32.1. The van der Waals surface area contributed by atoms with E-state index in [9.17, 15) is 0 Å². The third kappa shape index (κ3) is 2.67. The minimum Gasteiger partial charge on any atom is -0.494 e. The predicted octanol–water partition coefficient (Wildman–Crippen LogP) is 3.70. The number of hydrogen-bond donors (Lipinski definition) is 1. The summed E-state index contributed by atoms with van der Waals surface area (Å²) in [5.74, 6) is 0.815. The highest BCUT2D eigenvalue weighted by Crippen LogP contribution is 2.28. The molecular weight excluding hydrogens is 260 g/mol. The summed E-state index contributed by atoms with van der Waals surface area (Å²) in [7, 11) is 3.39. The third-order valence-electron chi connectivity index (χ3n) is 3.28. The molecule has 1 aromatic heterocycles. The van der Waals surface area contributed by atoms with Gasteiger partial charge in [0.15, 0.2) is 4.77 Å². The number of ether oxygens (including phenoxy) is 2. The first-order valence-corrected chi connectivity index (χ1v) is 6.89. The lowest BCUT2D eigenvalue weighted by Crippen LogP contribution is -2.14. The highest BCUT2D eigenvalue weighted by molar-refractivity contribution is 7.71. The lowest BCUT2D eigenvalue weighted by molar-refractivity contribution is 0.151. The normalized spacial score (nSPS) is 12.8. The van der Waals surface area contributed by atoms with Gasteiger partial charge in [-0.1, -0.05) is 19.4 Å². The molecule has 1 heterocycles. The van der Waals surface area contributed by atoms with Gasteiger partial charge in [-0.3, -0.25) is 0 Å². The van der Waals surface area contributed by atoms with Gasteiger partial charge in [0.2, 0.25) is 0 Å². The number of hydrogen-bond acceptors (Lipinski definition) is 3. The molecule has 0 aliphatic rings. The number of rotatable bonds is 6. The minimum atomic E-state index is 0.253. The zero-order valence-corrected chi connectivity index (χ0v) is 12.4. The van der Waals surface area contributed by atoms with E-state index < -0.39 is 0 Å². The Bertz CT molecular complexity index is 597. The van der Waals surface area contributed by atoms with Crippen LogP contribution >= 0.6 is 12.2 Å². The van der Waals surface area contributed by atoms with Crippen molar-refractivity contribution >= 4 is 23.3 Å². The van der Waals surface area contributed by atoms with Crippen molar-refractivity contribution in [2.75, 3.05) is 20.8 Å². The fourth-order valence-corrected chi connectivity index (χ4v) is 2.82. The molecule has 0 radical (unpaired) electrons. The van der Waals surface area contributed by atoms with Crippen molar-refractivity contribution in [2.45, 2.75) is 25.8 Å². The molecule has 5 heteroatoms. The van der Waals surface area contributed by atoms with Crippen LogP contribution in [-0.4, -0.2) is 30.4 Å². The van der Waals surface area contributed by atoms with Crippen LogP contribution in [0.1, 0.15) is 25.8 Å². The van der Waals surface area contributed by atoms with Crippen LogP contribution in [0, 0.1) is 4.77 Å². The molecule has 0 saturated carbocycles. The first kappa shape index (κ1) is 14.1. The van der Waals surface area contributed by atoms with Gasteiger partial charge in [-0.2, -0.15) is 0 Å². The summed E-state index contributed by atoms with van der Waals surface area (Å²) in [5.41, 5.74) is 2.02. The van der Waals surface area contributed by atoms with Crippen molar-refractivity contribution in [3.63, 3.8) is 0 Å². The Balaban J connectivity index is 2.58. The maximum absolute atomic E-state index is 5.46. The van der Waals surface area contributed by atoms with E-state index in [1.165, 1.54) is 0 Å². The van der Waals surface area contributed by atoms with Gasteiger partial charge in [-0.15, -0.1) is 0 Å². The van der Waals surface area contributed by atoms with Crippen molar-refractivity contribution < 1.29 is 9.47 Å². The van der Waals surface area contributed by atoms with Crippen LogP contribution < -0.4 is 4.74 Å². The molecule has 0 aliphatic heterocycles. The smallest absolute Gasteiger partial charge is 0.178 e. The number of imidazole rings is 1. The Morgan fingerprint density at radius 1 is 1.37 bits per heavy atom. The second kappa shape index (κ2) is 6.21. The van der Waals surface area contributed by atoms with Crippen LogP contribution in [0.2, 0.25) is 0 Å². The SMILES string of the molecule is CCCC(COC)n1c(=S)[nH]c2c(OC)cccc21. The van der Waals surface area contributed by atoms with Crippen molar-refractivity contribution in [1.82, 2.24) is 9.55 Å². The summed E-state index contributed by atoms with van der Waals surface area (Å²) in [6, 6.07) is 6.23. The molecule has 0 bridgehead atoms. The monoisotopic (exact) mass is 280 g/mol. The molecule has 104 valence electrons. The van der Waals surface area contributed by atoms with E-state index in [2.05, 4.69) is 22.5 Å². The summed E-state index contributed by atoms with van der Waals surface area (Å²) in [6.07, 6.45) is 2.12. The molecule has 1 N–H and O–H groups in total. The van der Waals surface area contributed by atoms with E-state index in [0.29, 0.717) is 6.61 Å². The Morgan fingerprint density at radius 2 is 2.16 bits per heavy atom. The molecule has 2 aromatic rings.